The quantitative estimate of drug-likeness (QED) is 0.108. The molecule has 4 N–H and O–H groups in total. The highest BCUT2D eigenvalue weighted by atomic mass is 33.1. The number of rotatable bonds is 0. The van der Waals surface area contributed by atoms with Crippen LogP contribution in [0.15, 0.2) is 194 Å². The minimum atomic E-state index is -1.52. The van der Waals surface area contributed by atoms with E-state index in [1.54, 1.807) is 27.7 Å². The van der Waals surface area contributed by atoms with E-state index in [4.69, 9.17) is 18.9 Å². The van der Waals surface area contributed by atoms with Crippen LogP contribution in [0.3, 0.4) is 0 Å². The highest BCUT2D eigenvalue weighted by molar-refractivity contribution is 8.77. The van der Waals surface area contributed by atoms with Gasteiger partial charge in [0, 0.05) is 68.3 Å². The third-order valence-corrected chi connectivity index (χ3v) is 27.8. The van der Waals surface area contributed by atoms with Gasteiger partial charge in [-0.25, -0.2) is 0 Å². The van der Waals surface area contributed by atoms with E-state index in [0.717, 1.165) is 155 Å². The monoisotopic (exact) mass is 1850 g/mol. The van der Waals surface area contributed by atoms with E-state index in [1.807, 2.05) is 135 Å². The molecular weight excluding hydrogens is 1710 g/mol. The second kappa shape index (κ2) is 44.5. The average molecular weight is 1850 g/mol. The first-order valence-corrected chi connectivity index (χ1v) is 54.1. The summed E-state index contributed by atoms with van der Waals surface area (Å²) in [5, 5.41) is 60.5. The molecule has 28 bridgehead atoms. The number of benzene rings is 12. The van der Waals surface area contributed by atoms with Gasteiger partial charge in [-0.2, -0.15) is 0 Å². The van der Waals surface area contributed by atoms with Gasteiger partial charge in [0.1, 0.15) is 0 Å². The van der Waals surface area contributed by atoms with E-state index < -0.39 is 23.1 Å². The fourth-order valence-electron chi connectivity index (χ4n) is 14.1. The number of hydrogen-bond acceptors (Lipinski definition) is 16. The van der Waals surface area contributed by atoms with Gasteiger partial charge in [0.2, 0.25) is 0 Å². The Bertz CT molecular complexity index is 5350. The van der Waals surface area contributed by atoms with Gasteiger partial charge in [-0.05, 0) is 192 Å². The molecule has 12 aromatic carbocycles. The van der Waals surface area contributed by atoms with E-state index in [2.05, 4.69) is 312 Å². The lowest BCUT2D eigenvalue weighted by molar-refractivity contribution is -0.206. The van der Waals surface area contributed by atoms with Crippen LogP contribution in [0.1, 0.15) is 283 Å². The van der Waals surface area contributed by atoms with Gasteiger partial charge in [0.15, 0.2) is 23.1 Å². The first-order valence-electron chi connectivity index (χ1n) is 44.1. The van der Waals surface area contributed by atoms with E-state index in [-0.39, 0.29) is 26.4 Å². The van der Waals surface area contributed by atoms with E-state index in [0.29, 0.717) is 32.5 Å². The Balaban J connectivity index is 0.000000216. The lowest BCUT2D eigenvalue weighted by atomic mass is 9.94. The lowest BCUT2D eigenvalue weighted by Crippen LogP contribution is -2.26. The van der Waals surface area contributed by atoms with Crippen LogP contribution in [0, 0.1) is 32.5 Å². The van der Waals surface area contributed by atoms with Crippen LogP contribution < -0.4 is 0 Å². The van der Waals surface area contributed by atoms with Crippen LogP contribution in [0.4, 0.5) is 0 Å². The van der Waals surface area contributed by atoms with Gasteiger partial charge in [-0.1, -0.05) is 447 Å². The fraction of sp³-hybridized carbons (Fsp3) is 0.455. The van der Waals surface area contributed by atoms with Gasteiger partial charge in [0.05, 0.1) is 26.4 Å². The molecule has 4 unspecified atom stereocenters. The van der Waals surface area contributed by atoms with Crippen molar-refractivity contribution in [3.8, 4) is 0 Å². The molecule has 0 radical (unpaired) electrons. The molecule has 4 atom stereocenters. The number of aliphatic hydroxyl groups is 4. The summed E-state index contributed by atoms with van der Waals surface area (Å²) in [7, 11) is 14.8. The van der Waals surface area contributed by atoms with Gasteiger partial charge >= 0.3 is 0 Å². The molecule has 0 fully saturated rings. The van der Waals surface area contributed by atoms with Crippen molar-refractivity contribution < 1.29 is 39.4 Å². The van der Waals surface area contributed by atoms with Gasteiger partial charge in [-0.3, -0.25) is 0 Å². The van der Waals surface area contributed by atoms with Crippen molar-refractivity contribution in [3.05, 3.63) is 283 Å². The SMILES string of the molecule is CC(C)(C)C.CC(C)(C)C.CC(C)(C)C.CC(C)(C)C.CC(C)(C)C.CC(C)(C)C.CC1(O)OCc2cc3cc4cc(cc(c24)COC(C)(O)c2cccc4c(cccc24)CSSC3)CSSCc2ccc3c1cccc3c2.CC1(O)OCc2cc3cc4cc(cc(c24)COC(C)(O)c2cccc4c(cccc24)CSSC3)CSSCc2cccc3c1cccc23. The summed E-state index contributed by atoms with van der Waals surface area (Å²) >= 11 is 0. The second-order valence-corrected chi connectivity index (χ2v) is 53.6. The molecule has 12 aromatic rings. The Morgan fingerprint density at radius 3 is 0.683 bits per heavy atom. The van der Waals surface area contributed by atoms with Crippen LogP contribution in [-0.2, 0) is 115 Å². The number of fused-ring (bicyclic) bond motifs is 15. The predicted octanol–water partition coefficient (Wildman–Crippen LogP) is 33.7. The summed E-state index contributed by atoms with van der Waals surface area (Å²) in [6.07, 6.45) is 0. The minimum Gasteiger partial charge on any atom is -0.362 e. The zero-order valence-corrected chi connectivity index (χ0v) is 87.2. The smallest absolute Gasteiger partial charge is 0.190 e. The van der Waals surface area contributed by atoms with Gasteiger partial charge in [-0.15, -0.1) is 0 Å². The molecule has 8 nitrogen and oxygen atoms in total. The molecule has 0 aromatic heterocycles. The largest absolute Gasteiger partial charge is 0.362 e. The Labute approximate surface area is 788 Å². The van der Waals surface area contributed by atoms with E-state index >= 15 is 0 Å². The third kappa shape index (κ3) is 33.4. The first-order chi connectivity index (χ1) is 58.5. The van der Waals surface area contributed by atoms with Crippen LogP contribution >= 0.6 is 86.4 Å². The molecule has 16 heteroatoms. The minimum absolute atomic E-state index is 0.209. The third-order valence-electron chi connectivity index (χ3n) is 18.8. The van der Waals surface area contributed by atoms with Crippen molar-refractivity contribution in [1.82, 2.24) is 0 Å². The van der Waals surface area contributed by atoms with E-state index in [1.165, 1.54) is 44.5 Å². The Morgan fingerprint density at radius 1 is 0.214 bits per heavy atom. The Morgan fingerprint density at radius 2 is 0.421 bits per heavy atom. The standard InChI is InChI=1S/2C40H36O4S4.6C5H12/c1-39(41)36-13-5-9-32-27(7-3-11-34(32)36)23-47-46-22-26-16-29-15-25-17-30(19-43-39)38(29)31(18-26)20-44-40(2,42)37-14-6-10-33-28(24-48-45-21-25)8-4-12-35(33)37;1-39(41)36-10-4-6-28-14-25(12-13-34(28)36)21-45-46-22-26-15-30-16-27-18-31(19-43-39)38(30)32(17-26)20-44-40(2,42)37-11-5-8-33-29(24-48-47-23-27)7-3-9-35(33)37;6*1-5(2,3)4/h2*3-18,41-42H,19-24H2,1-2H3;6*1-4H3. The van der Waals surface area contributed by atoms with Crippen LogP contribution in [0.2, 0.25) is 0 Å². The summed E-state index contributed by atoms with van der Waals surface area (Å²) in [5.74, 6) is 0.665. The fourth-order valence-corrected chi connectivity index (χ4v) is 22.6. The second-order valence-electron chi connectivity index (χ2n) is 43.7. The normalized spacial score (nSPS) is 19.7. The Kier molecular flexibility index (Phi) is 36.8. The van der Waals surface area contributed by atoms with Crippen molar-refractivity contribution in [2.24, 2.45) is 32.5 Å². The number of hydrogen-bond donors (Lipinski definition) is 4. The molecular formula is C110H144O8S8. The highest BCUT2D eigenvalue weighted by Crippen LogP contribution is 2.46. The molecule has 126 heavy (non-hydrogen) atoms. The van der Waals surface area contributed by atoms with E-state index in [9.17, 15) is 20.4 Å². The molecule has 0 spiro atoms. The van der Waals surface area contributed by atoms with Crippen molar-refractivity contribution in [1.29, 1.82) is 0 Å². The summed E-state index contributed by atoms with van der Waals surface area (Å²) < 4.78 is 26.0. The van der Waals surface area contributed by atoms with Crippen LogP contribution in [-0.4, -0.2) is 20.4 Å². The topological polar surface area (TPSA) is 118 Å². The molecule has 22 rings (SSSR count). The molecule has 0 amide bonds. The maximum absolute atomic E-state index is 11.9. The number of ether oxygens (including phenoxy) is 4. The van der Waals surface area contributed by atoms with Crippen molar-refractivity contribution in [2.75, 3.05) is 0 Å². The summed E-state index contributed by atoms with van der Waals surface area (Å²) in [4.78, 5) is 0. The summed E-state index contributed by atoms with van der Waals surface area (Å²) in [6.45, 7) is 60.3. The van der Waals surface area contributed by atoms with Crippen molar-refractivity contribution in [3.63, 3.8) is 0 Å². The van der Waals surface area contributed by atoms with Crippen molar-refractivity contribution in [2.45, 2.75) is 289 Å². The maximum Gasteiger partial charge on any atom is 0.190 e. The van der Waals surface area contributed by atoms with Gasteiger partial charge in [0.25, 0.3) is 0 Å². The molecule has 10 heterocycles. The molecule has 10 aliphatic rings. The average Bonchev–Trinajstić information content (AvgIpc) is 0.859. The highest BCUT2D eigenvalue weighted by Gasteiger charge is 2.33. The molecule has 10 aliphatic heterocycles. The summed E-state index contributed by atoms with van der Waals surface area (Å²) in [6, 6.07) is 67.9. The molecule has 0 saturated carbocycles. The molecule has 0 saturated heterocycles. The molecule has 680 valence electrons. The van der Waals surface area contributed by atoms with Gasteiger partial charge < -0.3 is 39.4 Å². The maximum atomic E-state index is 11.9. The molecule has 0 aliphatic carbocycles. The zero-order valence-electron chi connectivity index (χ0n) is 80.6. The van der Waals surface area contributed by atoms with Crippen LogP contribution in [0.25, 0.3) is 64.6 Å². The summed E-state index contributed by atoms with van der Waals surface area (Å²) in [5.41, 5.74) is 19.8. The first kappa shape index (κ1) is 104. The van der Waals surface area contributed by atoms with Crippen molar-refractivity contribution >= 4 is 151 Å². The predicted molar refractivity (Wildman–Crippen MR) is 562 cm³/mol. The van der Waals surface area contributed by atoms with Crippen LogP contribution in [0.5, 0.6) is 0 Å². The Hall–Kier alpha value is -5.32. The lowest BCUT2D eigenvalue weighted by Gasteiger charge is -2.28. The zero-order chi connectivity index (χ0) is 92.8.